The van der Waals surface area contributed by atoms with Gasteiger partial charge < -0.3 is 14.6 Å². The molecule has 38 heavy (non-hydrogen) atoms. The first kappa shape index (κ1) is 25.5. The number of benzene rings is 3. The molecule has 0 spiro atoms. The molecule has 0 radical (unpaired) electrons. The number of fused-ring (bicyclic) bond motifs is 3. The Morgan fingerprint density at radius 1 is 1.11 bits per heavy atom. The number of para-hydroxylation sites is 1. The summed E-state index contributed by atoms with van der Waals surface area (Å²) in [5.41, 5.74) is 10.2. The average Bonchev–Trinajstić information content (AvgIpc) is 3.33. The zero-order valence-corrected chi connectivity index (χ0v) is 21.1. The van der Waals surface area contributed by atoms with Crippen molar-refractivity contribution in [2.75, 3.05) is 5.32 Å². The van der Waals surface area contributed by atoms with Crippen LogP contribution in [0.5, 0.6) is 5.75 Å². The van der Waals surface area contributed by atoms with Gasteiger partial charge in [-0.25, -0.2) is 0 Å². The Balaban J connectivity index is 1.27. The molecule has 2 N–H and O–H groups in total. The number of anilines is 1. The summed E-state index contributed by atoms with van der Waals surface area (Å²) < 4.78 is 46.9. The van der Waals surface area contributed by atoms with E-state index in [0.29, 0.717) is 22.9 Å². The summed E-state index contributed by atoms with van der Waals surface area (Å²) in [6, 6.07) is 19.5. The minimum atomic E-state index is -4.74. The van der Waals surface area contributed by atoms with Crippen molar-refractivity contribution in [1.82, 2.24) is 10.6 Å². The van der Waals surface area contributed by atoms with Gasteiger partial charge in [-0.2, -0.15) is 5.10 Å². The Morgan fingerprint density at radius 3 is 2.66 bits per heavy atom. The zero-order chi connectivity index (χ0) is 26.7. The van der Waals surface area contributed by atoms with Crippen molar-refractivity contribution in [1.29, 1.82) is 0 Å². The lowest BCUT2D eigenvalue weighted by atomic mass is 9.87. The highest BCUT2D eigenvalue weighted by Crippen LogP contribution is 2.39. The van der Waals surface area contributed by atoms with Gasteiger partial charge in [-0.15, -0.1) is 13.2 Å². The fraction of sp³-hybridized carbons (Fsp3) is 0.179. The van der Waals surface area contributed by atoms with Crippen LogP contribution in [-0.2, 0) is 19.3 Å². The van der Waals surface area contributed by atoms with E-state index in [0.717, 1.165) is 52.0 Å². The minimum absolute atomic E-state index is 0.286. The summed E-state index contributed by atoms with van der Waals surface area (Å²) >= 11 is 5.36. The molecule has 0 aliphatic heterocycles. The molecule has 0 saturated heterocycles. The first-order chi connectivity index (χ1) is 18.3. The number of aromatic nitrogens is 1. The summed E-state index contributed by atoms with van der Waals surface area (Å²) in [5.74, 6) is 0.260. The highest BCUT2D eigenvalue weighted by atomic mass is 32.1. The quantitative estimate of drug-likeness (QED) is 0.159. The Hall–Kier alpha value is -4.18. The molecule has 1 aliphatic rings. The molecular weight excluding hydrogens is 513 g/mol. The van der Waals surface area contributed by atoms with E-state index in [1.807, 2.05) is 42.5 Å². The molecule has 5 rings (SSSR count). The smallest absolute Gasteiger partial charge is 0.406 e. The Morgan fingerprint density at radius 2 is 1.89 bits per heavy atom. The number of thiocarbonyl (C=S) groups is 1. The van der Waals surface area contributed by atoms with E-state index in [1.54, 1.807) is 6.21 Å². The number of nitrogens with one attached hydrogen (secondary N) is 2. The summed E-state index contributed by atoms with van der Waals surface area (Å²) in [6.07, 6.45) is -0.698. The summed E-state index contributed by atoms with van der Waals surface area (Å²) in [7, 11) is 0. The Kier molecular flexibility index (Phi) is 7.15. The third kappa shape index (κ3) is 5.70. The van der Waals surface area contributed by atoms with Crippen LogP contribution in [0.15, 0.2) is 76.4 Å². The van der Waals surface area contributed by atoms with E-state index in [4.69, 9.17) is 16.7 Å². The van der Waals surface area contributed by atoms with Crippen molar-refractivity contribution >= 4 is 29.2 Å². The number of alkyl halides is 3. The van der Waals surface area contributed by atoms with Crippen LogP contribution in [0.1, 0.15) is 29.2 Å². The highest BCUT2D eigenvalue weighted by molar-refractivity contribution is 7.80. The van der Waals surface area contributed by atoms with E-state index in [2.05, 4.69) is 32.7 Å². The molecule has 4 aromatic rings. The molecule has 0 fully saturated rings. The molecule has 1 aromatic heterocycles. The van der Waals surface area contributed by atoms with Crippen LogP contribution in [0.4, 0.5) is 18.9 Å². The number of ether oxygens (including phenoxy) is 1. The number of aryl methyl sites for hydroxylation is 2. The van der Waals surface area contributed by atoms with Crippen molar-refractivity contribution in [3.8, 4) is 28.3 Å². The molecule has 0 unspecified atom stereocenters. The first-order valence-electron chi connectivity index (χ1n) is 12.0. The SMILES string of the molecule is CCc1ccccc1NC(=S)N/N=C/c1ccc2c(c1)CCc1c-2noc1-c1ccc(OC(F)(F)F)cc1. The maximum absolute atomic E-state index is 12.4. The third-order valence-electron chi connectivity index (χ3n) is 6.19. The molecule has 0 saturated carbocycles. The molecule has 0 atom stereocenters. The highest BCUT2D eigenvalue weighted by Gasteiger charge is 2.31. The van der Waals surface area contributed by atoms with Crippen molar-refractivity contribution < 1.29 is 22.4 Å². The van der Waals surface area contributed by atoms with Gasteiger partial charge in [0.05, 0.1) is 6.21 Å². The number of rotatable bonds is 6. The Labute approximate surface area is 222 Å². The molecule has 0 amide bonds. The number of hydrazone groups is 1. The summed E-state index contributed by atoms with van der Waals surface area (Å²) in [5, 5.41) is 12.1. The van der Waals surface area contributed by atoms with Gasteiger partial charge in [0.15, 0.2) is 10.9 Å². The molecular formula is C28H23F3N4O2S. The van der Waals surface area contributed by atoms with Gasteiger partial charge in [-0.05, 0) is 84.6 Å². The van der Waals surface area contributed by atoms with Crippen molar-refractivity contribution in [2.24, 2.45) is 5.10 Å². The lowest BCUT2D eigenvalue weighted by molar-refractivity contribution is -0.274. The average molecular weight is 537 g/mol. The van der Waals surface area contributed by atoms with E-state index in [-0.39, 0.29) is 5.75 Å². The van der Waals surface area contributed by atoms with Gasteiger partial charge in [-0.1, -0.05) is 42.4 Å². The fourth-order valence-corrected chi connectivity index (χ4v) is 4.61. The Bertz CT molecular complexity index is 1500. The van der Waals surface area contributed by atoms with Gasteiger partial charge in [0, 0.05) is 22.4 Å². The molecule has 194 valence electrons. The second-order valence-corrected chi connectivity index (χ2v) is 9.07. The van der Waals surface area contributed by atoms with Crippen LogP contribution < -0.4 is 15.5 Å². The number of hydrogen-bond acceptors (Lipinski definition) is 5. The molecule has 10 heteroatoms. The molecule has 3 aromatic carbocycles. The normalized spacial score (nSPS) is 12.6. The van der Waals surface area contributed by atoms with Crippen molar-refractivity contribution in [2.45, 2.75) is 32.5 Å². The zero-order valence-electron chi connectivity index (χ0n) is 20.3. The minimum Gasteiger partial charge on any atom is -0.406 e. The molecule has 1 aliphatic carbocycles. The summed E-state index contributed by atoms with van der Waals surface area (Å²) in [6.45, 7) is 2.09. The number of hydrogen-bond donors (Lipinski definition) is 2. The van der Waals surface area contributed by atoms with Crippen LogP contribution >= 0.6 is 12.2 Å². The number of nitrogens with zero attached hydrogens (tertiary/aromatic N) is 2. The predicted molar refractivity (Wildman–Crippen MR) is 144 cm³/mol. The standard InChI is InChI=1S/C28H23F3N4O2S/c1-2-18-5-3-4-6-24(18)33-27(38)34-32-16-17-7-13-22-20(15-17)10-14-23-25(22)35-37-26(23)19-8-11-21(12-9-19)36-28(29,30)31/h3-9,11-13,15-16H,2,10,14H2,1H3,(H2,33,34,38)/b32-16+. The van der Waals surface area contributed by atoms with Crippen molar-refractivity contribution in [3.63, 3.8) is 0 Å². The topological polar surface area (TPSA) is 71.7 Å². The molecule has 6 nitrogen and oxygen atoms in total. The van der Waals surface area contributed by atoms with Crippen molar-refractivity contribution in [3.05, 3.63) is 89.0 Å². The van der Waals surface area contributed by atoms with E-state index >= 15 is 0 Å². The van der Waals surface area contributed by atoms with Gasteiger partial charge >= 0.3 is 6.36 Å². The monoisotopic (exact) mass is 536 g/mol. The third-order valence-corrected chi connectivity index (χ3v) is 6.39. The first-order valence-corrected chi connectivity index (χ1v) is 12.4. The van der Waals surface area contributed by atoms with Crippen LogP contribution in [0.3, 0.4) is 0 Å². The fourth-order valence-electron chi connectivity index (χ4n) is 4.45. The van der Waals surface area contributed by atoms with E-state index in [9.17, 15) is 13.2 Å². The summed E-state index contributed by atoms with van der Waals surface area (Å²) in [4.78, 5) is 0. The van der Waals surface area contributed by atoms with Crippen LogP contribution in [0.2, 0.25) is 0 Å². The second kappa shape index (κ2) is 10.7. The second-order valence-electron chi connectivity index (χ2n) is 8.66. The van der Waals surface area contributed by atoms with Gasteiger partial charge in [0.1, 0.15) is 11.4 Å². The van der Waals surface area contributed by atoms with E-state index in [1.165, 1.54) is 24.3 Å². The van der Waals surface area contributed by atoms with Gasteiger partial charge in [0.25, 0.3) is 0 Å². The lowest BCUT2D eigenvalue weighted by Crippen LogP contribution is -2.24. The maximum atomic E-state index is 12.4. The number of halogens is 3. The van der Waals surface area contributed by atoms with Gasteiger partial charge in [-0.3, -0.25) is 5.43 Å². The molecule has 0 bridgehead atoms. The van der Waals surface area contributed by atoms with E-state index < -0.39 is 6.36 Å². The van der Waals surface area contributed by atoms with Gasteiger partial charge in [0.2, 0.25) is 0 Å². The maximum Gasteiger partial charge on any atom is 0.573 e. The van der Waals surface area contributed by atoms with Crippen LogP contribution in [0.25, 0.3) is 22.6 Å². The van der Waals surface area contributed by atoms with Crippen LogP contribution in [0, 0.1) is 0 Å². The largest absolute Gasteiger partial charge is 0.573 e. The van der Waals surface area contributed by atoms with Crippen LogP contribution in [-0.4, -0.2) is 22.8 Å². The lowest BCUT2D eigenvalue weighted by Gasteiger charge is -2.16. The predicted octanol–water partition coefficient (Wildman–Crippen LogP) is 6.89. The molecule has 1 heterocycles.